The molecule has 0 amide bonds. The van der Waals surface area contributed by atoms with Gasteiger partial charge in [-0.25, -0.2) is 4.39 Å². The van der Waals surface area contributed by atoms with Crippen LogP contribution in [0.2, 0.25) is 0 Å². The van der Waals surface area contributed by atoms with Crippen molar-refractivity contribution < 1.29 is 14.2 Å². The minimum absolute atomic E-state index is 0.0289. The van der Waals surface area contributed by atoms with E-state index in [0.29, 0.717) is 0 Å². The summed E-state index contributed by atoms with van der Waals surface area (Å²) >= 11 is 0. The lowest BCUT2D eigenvalue weighted by atomic mass is 10.2. The smallest absolute Gasteiger partial charge is 0.167 e. The Bertz CT molecular complexity index is 635. The van der Waals surface area contributed by atoms with Crippen LogP contribution in [0.3, 0.4) is 0 Å². The zero-order valence-corrected chi connectivity index (χ0v) is 9.22. The van der Waals surface area contributed by atoms with Crippen molar-refractivity contribution in [1.82, 2.24) is 0 Å². The van der Waals surface area contributed by atoms with Gasteiger partial charge in [-0.2, -0.15) is 5.26 Å². The molecule has 0 unspecified atom stereocenters. The number of ether oxygens (including phenoxy) is 1. The fourth-order valence-corrected chi connectivity index (χ4v) is 1.39. The molecule has 0 aliphatic rings. The molecule has 18 heavy (non-hydrogen) atoms. The molecule has 0 aliphatic heterocycles. The predicted octanol–water partition coefficient (Wildman–Crippen LogP) is 2.78. The number of nitrogen functional groups attached to an aromatic ring is 1. The Kier molecular flexibility index (Phi) is 3.02. The zero-order chi connectivity index (χ0) is 13.1. The number of nitrogens with two attached hydrogens (primary N) is 1. The number of nitrogens with zero attached hydrogens (tertiary/aromatic N) is 1. The molecule has 0 fully saturated rings. The second-order valence-corrected chi connectivity index (χ2v) is 3.55. The van der Waals surface area contributed by atoms with Crippen LogP contribution in [-0.4, -0.2) is 5.11 Å². The van der Waals surface area contributed by atoms with E-state index in [1.165, 1.54) is 30.3 Å². The first-order valence-corrected chi connectivity index (χ1v) is 5.07. The summed E-state index contributed by atoms with van der Waals surface area (Å²) in [6.07, 6.45) is 0. The highest BCUT2D eigenvalue weighted by molar-refractivity contribution is 5.62. The Morgan fingerprint density at radius 2 is 2.00 bits per heavy atom. The van der Waals surface area contributed by atoms with Gasteiger partial charge in [0.1, 0.15) is 11.4 Å². The maximum absolute atomic E-state index is 13.6. The molecule has 0 aliphatic carbocycles. The average Bonchev–Trinajstić information content (AvgIpc) is 2.37. The number of para-hydroxylation sites is 1. The zero-order valence-electron chi connectivity index (χ0n) is 9.22. The number of nitriles is 1. The number of aromatic hydroxyl groups is 1. The van der Waals surface area contributed by atoms with Crippen LogP contribution in [-0.2, 0) is 0 Å². The Balaban J connectivity index is 2.35. The van der Waals surface area contributed by atoms with Crippen molar-refractivity contribution in [3.63, 3.8) is 0 Å². The molecule has 0 bridgehead atoms. The molecule has 0 heterocycles. The molecule has 0 aromatic heterocycles. The summed E-state index contributed by atoms with van der Waals surface area (Å²) in [6.45, 7) is 0. The van der Waals surface area contributed by atoms with Crippen molar-refractivity contribution >= 4 is 5.69 Å². The molecule has 2 aromatic carbocycles. The second-order valence-electron chi connectivity index (χ2n) is 3.55. The summed E-state index contributed by atoms with van der Waals surface area (Å²) < 4.78 is 18.8. The van der Waals surface area contributed by atoms with Gasteiger partial charge in [-0.05, 0) is 30.3 Å². The van der Waals surface area contributed by atoms with Gasteiger partial charge in [0.25, 0.3) is 0 Å². The van der Waals surface area contributed by atoms with Gasteiger partial charge >= 0.3 is 0 Å². The number of rotatable bonds is 2. The summed E-state index contributed by atoms with van der Waals surface area (Å²) in [5.41, 5.74) is 5.81. The number of halogens is 1. The van der Waals surface area contributed by atoms with Crippen molar-refractivity contribution in [2.45, 2.75) is 0 Å². The van der Waals surface area contributed by atoms with Gasteiger partial charge in [-0.1, -0.05) is 6.07 Å². The molecular formula is C13H9FN2O2. The number of hydrogen-bond donors (Lipinski definition) is 2. The topological polar surface area (TPSA) is 79.3 Å². The Morgan fingerprint density at radius 1 is 1.22 bits per heavy atom. The van der Waals surface area contributed by atoms with Crippen LogP contribution in [0, 0.1) is 17.1 Å². The van der Waals surface area contributed by atoms with E-state index in [-0.39, 0.29) is 28.5 Å². The third-order valence-corrected chi connectivity index (χ3v) is 2.32. The van der Waals surface area contributed by atoms with Gasteiger partial charge in [0.2, 0.25) is 0 Å². The van der Waals surface area contributed by atoms with Crippen LogP contribution in [0.1, 0.15) is 5.56 Å². The molecule has 4 nitrogen and oxygen atoms in total. The average molecular weight is 244 g/mol. The summed E-state index contributed by atoms with van der Waals surface area (Å²) in [5, 5.41) is 18.0. The molecule has 2 rings (SSSR count). The molecule has 90 valence electrons. The largest absolute Gasteiger partial charge is 0.506 e. The van der Waals surface area contributed by atoms with E-state index in [1.807, 2.05) is 6.07 Å². The third-order valence-electron chi connectivity index (χ3n) is 2.32. The minimum atomic E-state index is -0.670. The van der Waals surface area contributed by atoms with E-state index in [1.54, 1.807) is 0 Å². The van der Waals surface area contributed by atoms with Crippen molar-refractivity contribution in [3.8, 4) is 23.3 Å². The Labute approximate surface area is 103 Å². The maximum atomic E-state index is 13.6. The van der Waals surface area contributed by atoms with Crippen LogP contribution in [0.25, 0.3) is 0 Å². The monoisotopic (exact) mass is 244 g/mol. The first-order chi connectivity index (χ1) is 8.61. The Hall–Kier alpha value is -2.74. The molecule has 0 atom stereocenters. The number of hydrogen-bond acceptors (Lipinski definition) is 4. The van der Waals surface area contributed by atoms with Crippen LogP contribution < -0.4 is 10.5 Å². The lowest BCUT2D eigenvalue weighted by molar-refractivity contribution is 0.436. The van der Waals surface area contributed by atoms with Gasteiger partial charge in [0, 0.05) is 0 Å². The summed E-state index contributed by atoms with van der Waals surface area (Å²) in [7, 11) is 0. The molecule has 3 N–H and O–H groups in total. The minimum Gasteiger partial charge on any atom is -0.506 e. The van der Waals surface area contributed by atoms with E-state index in [2.05, 4.69) is 0 Å². The van der Waals surface area contributed by atoms with Gasteiger partial charge in [0.05, 0.1) is 11.6 Å². The van der Waals surface area contributed by atoms with Crippen molar-refractivity contribution in [2.75, 3.05) is 5.73 Å². The molecule has 0 saturated heterocycles. The molecular weight excluding hydrogens is 235 g/mol. The summed E-state index contributed by atoms with van der Waals surface area (Å²) in [6, 6.07) is 10.1. The Morgan fingerprint density at radius 3 is 2.67 bits per heavy atom. The van der Waals surface area contributed by atoms with Crippen LogP contribution in [0.5, 0.6) is 17.2 Å². The predicted molar refractivity (Wildman–Crippen MR) is 63.7 cm³/mol. The number of phenols is 1. The second kappa shape index (κ2) is 4.63. The third kappa shape index (κ3) is 2.18. The van der Waals surface area contributed by atoms with E-state index in [4.69, 9.17) is 15.7 Å². The van der Waals surface area contributed by atoms with Crippen molar-refractivity contribution in [1.29, 1.82) is 5.26 Å². The van der Waals surface area contributed by atoms with E-state index in [9.17, 15) is 9.50 Å². The van der Waals surface area contributed by atoms with Crippen LogP contribution in [0.4, 0.5) is 10.1 Å². The summed E-state index contributed by atoms with van der Waals surface area (Å²) in [4.78, 5) is 0. The van der Waals surface area contributed by atoms with E-state index in [0.717, 1.165) is 6.07 Å². The number of benzene rings is 2. The first kappa shape index (κ1) is 11.7. The molecule has 2 aromatic rings. The molecule has 0 radical (unpaired) electrons. The van der Waals surface area contributed by atoms with Crippen LogP contribution in [0.15, 0.2) is 36.4 Å². The van der Waals surface area contributed by atoms with Gasteiger partial charge in [0.15, 0.2) is 17.3 Å². The number of anilines is 1. The normalized spacial score (nSPS) is 9.78. The number of phenolic OH excluding ortho intramolecular Hbond substituents is 1. The van der Waals surface area contributed by atoms with Gasteiger partial charge in [-0.15, -0.1) is 0 Å². The molecule has 0 saturated carbocycles. The first-order valence-electron chi connectivity index (χ1n) is 5.07. The highest BCUT2D eigenvalue weighted by Gasteiger charge is 2.10. The van der Waals surface area contributed by atoms with Gasteiger partial charge < -0.3 is 15.6 Å². The SMILES string of the molecule is N#Cc1ccc(Oc2cccc(O)c2N)c(F)c1. The molecule has 0 spiro atoms. The fraction of sp³-hybridized carbons (Fsp3) is 0. The van der Waals surface area contributed by atoms with E-state index >= 15 is 0 Å². The lowest BCUT2D eigenvalue weighted by Gasteiger charge is -2.10. The van der Waals surface area contributed by atoms with E-state index < -0.39 is 5.82 Å². The molecule has 5 heteroatoms. The maximum Gasteiger partial charge on any atom is 0.167 e. The van der Waals surface area contributed by atoms with Gasteiger partial charge in [-0.3, -0.25) is 0 Å². The lowest BCUT2D eigenvalue weighted by Crippen LogP contribution is -1.94. The fourth-order valence-electron chi connectivity index (χ4n) is 1.39. The van der Waals surface area contributed by atoms with Crippen LogP contribution >= 0.6 is 0 Å². The highest BCUT2D eigenvalue weighted by atomic mass is 19.1. The highest BCUT2D eigenvalue weighted by Crippen LogP contribution is 2.34. The van der Waals surface area contributed by atoms with Crippen molar-refractivity contribution in [2.24, 2.45) is 0 Å². The van der Waals surface area contributed by atoms with Crippen molar-refractivity contribution in [3.05, 3.63) is 47.8 Å². The summed E-state index contributed by atoms with van der Waals surface area (Å²) in [5.74, 6) is -0.719. The standard InChI is InChI=1S/C13H9FN2O2/c14-9-6-8(7-15)4-5-11(9)18-12-3-1-2-10(17)13(12)16/h1-6,17H,16H2. The quantitative estimate of drug-likeness (QED) is 0.628.